The zero-order chi connectivity index (χ0) is 20.6. The van der Waals surface area contributed by atoms with Crippen LogP contribution in [0.25, 0.3) is 0 Å². The van der Waals surface area contributed by atoms with Gasteiger partial charge in [-0.05, 0) is 75.9 Å². The van der Waals surface area contributed by atoms with Crippen LogP contribution in [-0.2, 0) is 9.59 Å². The van der Waals surface area contributed by atoms with Crippen LogP contribution in [0.4, 0.5) is 0 Å². The van der Waals surface area contributed by atoms with Gasteiger partial charge in [0.2, 0.25) is 11.6 Å². The summed E-state index contributed by atoms with van der Waals surface area (Å²) in [6, 6.07) is 11.7. The number of hydrogen-bond acceptors (Lipinski definition) is 4. The average Bonchev–Trinajstić information content (AvgIpc) is 2.66. The second-order valence-corrected chi connectivity index (χ2v) is 7.31. The van der Waals surface area contributed by atoms with E-state index in [2.05, 4.69) is 0 Å². The molecular formula is C24H24O4. The number of carbonyl (C=O) groups is 2. The van der Waals surface area contributed by atoms with Gasteiger partial charge in [-0.3, -0.25) is 9.59 Å². The third-order valence-electron chi connectivity index (χ3n) is 4.89. The minimum absolute atomic E-state index is 0.247. The van der Waals surface area contributed by atoms with Gasteiger partial charge < -0.3 is 9.47 Å². The molecule has 1 aliphatic rings. The molecule has 0 saturated carbocycles. The molecule has 0 amide bonds. The van der Waals surface area contributed by atoms with Gasteiger partial charge in [0.25, 0.3) is 0 Å². The molecule has 0 bridgehead atoms. The largest absolute Gasteiger partial charge is 0.453 e. The monoisotopic (exact) mass is 376 g/mol. The third-order valence-corrected chi connectivity index (χ3v) is 4.89. The first kappa shape index (κ1) is 19.6. The molecule has 28 heavy (non-hydrogen) atoms. The molecule has 0 heterocycles. The molecule has 0 aromatic heterocycles. The molecular weight excluding hydrogens is 352 g/mol. The summed E-state index contributed by atoms with van der Waals surface area (Å²) < 4.78 is 12.3. The fraction of sp³-hybridized carbons (Fsp3) is 0.250. The summed E-state index contributed by atoms with van der Waals surface area (Å²) in [7, 11) is 0. The minimum Gasteiger partial charge on any atom is -0.453 e. The van der Waals surface area contributed by atoms with Crippen molar-refractivity contribution in [3.63, 3.8) is 0 Å². The van der Waals surface area contributed by atoms with Crippen LogP contribution in [0.15, 0.2) is 59.1 Å². The SMILES string of the molecule is CC1=C(Oc2cc(C)ccc2C)C(Oc2cc(C)ccc2C)=C(C)C(=O)C1=O. The molecule has 4 heteroatoms. The Labute approximate surface area is 165 Å². The van der Waals surface area contributed by atoms with Gasteiger partial charge in [-0.25, -0.2) is 0 Å². The summed E-state index contributed by atoms with van der Waals surface area (Å²) in [4.78, 5) is 24.9. The van der Waals surface area contributed by atoms with Crippen molar-refractivity contribution in [1.82, 2.24) is 0 Å². The second-order valence-electron chi connectivity index (χ2n) is 7.31. The topological polar surface area (TPSA) is 52.6 Å². The van der Waals surface area contributed by atoms with E-state index in [0.29, 0.717) is 11.5 Å². The Bertz CT molecular complexity index is 969. The summed E-state index contributed by atoms with van der Waals surface area (Å²) in [5.74, 6) is 0.711. The van der Waals surface area contributed by atoms with Crippen LogP contribution in [-0.4, -0.2) is 11.6 Å². The summed E-state index contributed by atoms with van der Waals surface area (Å²) in [5.41, 5.74) is 4.43. The van der Waals surface area contributed by atoms with Crippen molar-refractivity contribution in [1.29, 1.82) is 0 Å². The van der Waals surface area contributed by atoms with E-state index in [1.165, 1.54) is 0 Å². The van der Waals surface area contributed by atoms with Gasteiger partial charge in [-0.1, -0.05) is 24.3 Å². The van der Waals surface area contributed by atoms with E-state index in [-0.39, 0.29) is 22.7 Å². The highest BCUT2D eigenvalue weighted by Gasteiger charge is 2.34. The van der Waals surface area contributed by atoms with Gasteiger partial charge >= 0.3 is 0 Å². The second kappa shape index (κ2) is 7.47. The lowest BCUT2D eigenvalue weighted by atomic mass is 9.94. The summed E-state index contributed by atoms with van der Waals surface area (Å²) in [5, 5.41) is 0. The van der Waals surface area contributed by atoms with Crippen molar-refractivity contribution in [3.8, 4) is 11.5 Å². The Kier molecular flexibility index (Phi) is 5.23. The average molecular weight is 376 g/mol. The zero-order valence-corrected chi connectivity index (χ0v) is 17.1. The van der Waals surface area contributed by atoms with Crippen LogP contribution in [0.3, 0.4) is 0 Å². The van der Waals surface area contributed by atoms with E-state index >= 15 is 0 Å². The number of hydrogen-bond donors (Lipinski definition) is 0. The van der Waals surface area contributed by atoms with Gasteiger partial charge in [-0.2, -0.15) is 0 Å². The summed E-state index contributed by atoms with van der Waals surface area (Å²) in [6.45, 7) is 11.0. The van der Waals surface area contributed by atoms with Crippen molar-refractivity contribution in [2.75, 3.05) is 0 Å². The minimum atomic E-state index is -0.564. The summed E-state index contributed by atoms with van der Waals surface area (Å²) >= 11 is 0. The van der Waals surface area contributed by atoms with E-state index in [1.54, 1.807) is 13.8 Å². The van der Waals surface area contributed by atoms with Crippen molar-refractivity contribution < 1.29 is 19.1 Å². The number of aryl methyl sites for hydroxylation is 4. The Morgan fingerprint density at radius 3 is 1.29 bits per heavy atom. The standard InChI is InChI=1S/C24H24O4/c1-13-7-9-15(3)19(11-13)27-23-17(5)21(25)22(26)18(6)24(23)28-20-12-14(2)8-10-16(20)4/h7-12H,1-6H3. The maximum absolute atomic E-state index is 12.4. The van der Waals surface area contributed by atoms with E-state index in [9.17, 15) is 9.59 Å². The van der Waals surface area contributed by atoms with Crippen LogP contribution in [0, 0.1) is 27.7 Å². The highest BCUT2D eigenvalue weighted by molar-refractivity contribution is 6.50. The number of ether oxygens (including phenoxy) is 2. The molecule has 2 aromatic rings. The Morgan fingerprint density at radius 2 is 0.929 bits per heavy atom. The van der Waals surface area contributed by atoms with E-state index in [4.69, 9.17) is 9.47 Å². The number of ketones is 2. The van der Waals surface area contributed by atoms with E-state index in [0.717, 1.165) is 22.3 Å². The van der Waals surface area contributed by atoms with Crippen molar-refractivity contribution >= 4 is 11.6 Å². The van der Waals surface area contributed by atoms with Gasteiger partial charge in [0.1, 0.15) is 11.5 Å². The fourth-order valence-electron chi connectivity index (χ4n) is 2.99. The molecule has 0 spiro atoms. The van der Waals surface area contributed by atoms with Gasteiger partial charge in [0.15, 0.2) is 11.5 Å². The first-order valence-electron chi connectivity index (χ1n) is 9.20. The molecule has 144 valence electrons. The van der Waals surface area contributed by atoms with Crippen LogP contribution in [0.2, 0.25) is 0 Å². The predicted octanol–water partition coefficient (Wildman–Crippen LogP) is 5.08. The van der Waals surface area contributed by atoms with Gasteiger partial charge in [0.05, 0.1) is 0 Å². The fourth-order valence-corrected chi connectivity index (χ4v) is 2.99. The Hall–Kier alpha value is -3.14. The normalized spacial score (nSPS) is 14.6. The quantitative estimate of drug-likeness (QED) is 0.552. The van der Waals surface area contributed by atoms with Crippen molar-refractivity contribution in [3.05, 3.63) is 81.3 Å². The van der Waals surface area contributed by atoms with Gasteiger partial charge in [-0.15, -0.1) is 0 Å². The van der Waals surface area contributed by atoms with Crippen LogP contribution >= 0.6 is 0 Å². The highest BCUT2D eigenvalue weighted by Crippen LogP contribution is 2.33. The number of allylic oxidation sites excluding steroid dienone is 2. The molecule has 3 rings (SSSR count). The maximum Gasteiger partial charge on any atom is 0.232 e. The smallest absolute Gasteiger partial charge is 0.232 e. The first-order valence-corrected chi connectivity index (χ1v) is 9.20. The van der Waals surface area contributed by atoms with Crippen LogP contribution in [0.5, 0.6) is 11.5 Å². The lowest BCUT2D eigenvalue weighted by molar-refractivity contribution is -0.132. The molecule has 0 N–H and O–H groups in total. The number of carbonyl (C=O) groups excluding carboxylic acids is 2. The highest BCUT2D eigenvalue weighted by atomic mass is 16.5. The maximum atomic E-state index is 12.4. The third kappa shape index (κ3) is 3.63. The molecule has 0 atom stereocenters. The number of rotatable bonds is 4. The van der Waals surface area contributed by atoms with Crippen LogP contribution in [0.1, 0.15) is 36.1 Å². The molecule has 0 saturated heterocycles. The molecule has 1 aliphatic carbocycles. The molecule has 0 radical (unpaired) electrons. The molecule has 0 fully saturated rings. The van der Waals surface area contributed by atoms with E-state index < -0.39 is 11.6 Å². The zero-order valence-electron chi connectivity index (χ0n) is 17.1. The molecule has 2 aromatic carbocycles. The molecule has 0 aliphatic heterocycles. The Balaban J connectivity index is 2.10. The summed E-state index contributed by atoms with van der Waals surface area (Å²) in [6.07, 6.45) is 0. The van der Waals surface area contributed by atoms with Crippen LogP contribution < -0.4 is 9.47 Å². The lowest BCUT2D eigenvalue weighted by Gasteiger charge is -2.23. The number of benzene rings is 2. The number of Topliss-reactive ketones (excluding diaryl/α,β-unsaturated/α-hetero) is 2. The van der Waals surface area contributed by atoms with E-state index in [1.807, 2.05) is 64.1 Å². The molecule has 0 unspecified atom stereocenters. The molecule has 4 nitrogen and oxygen atoms in total. The van der Waals surface area contributed by atoms with Crippen molar-refractivity contribution in [2.24, 2.45) is 0 Å². The predicted molar refractivity (Wildman–Crippen MR) is 109 cm³/mol. The first-order chi connectivity index (χ1) is 13.2. The Morgan fingerprint density at radius 1 is 0.571 bits per heavy atom. The van der Waals surface area contributed by atoms with Crippen molar-refractivity contribution in [2.45, 2.75) is 41.5 Å². The lowest BCUT2D eigenvalue weighted by Crippen LogP contribution is -2.28. The van der Waals surface area contributed by atoms with Gasteiger partial charge in [0, 0.05) is 11.1 Å².